The molecule has 0 amide bonds. The van der Waals surface area contributed by atoms with Crippen LogP contribution < -0.4 is 4.74 Å². The van der Waals surface area contributed by atoms with E-state index in [2.05, 4.69) is 9.72 Å². The van der Waals surface area contributed by atoms with Crippen LogP contribution in [0, 0.1) is 0 Å². The molecule has 2 aromatic rings. The van der Waals surface area contributed by atoms with Crippen LogP contribution in [0.3, 0.4) is 0 Å². The van der Waals surface area contributed by atoms with Crippen molar-refractivity contribution < 1.29 is 22.7 Å². The lowest BCUT2D eigenvalue weighted by atomic mass is 10.1. The fourth-order valence-corrected chi connectivity index (χ4v) is 1.70. The van der Waals surface area contributed by atoms with Crippen LogP contribution in [-0.4, -0.2) is 17.6 Å². The molecule has 0 aliphatic rings. The number of benzene rings is 1. The summed E-state index contributed by atoms with van der Waals surface area (Å²) in [6, 6.07) is 6.72. The molecule has 2 rings (SSSR count). The first kappa shape index (κ1) is 14.3. The lowest BCUT2D eigenvalue weighted by Gasteiger charge is -2.09. The van der Waals surface area contributed by atoms with Gasteiger partial charge in [0.1, 0.15) is 10.9 Å². The second kappa shape index (κ2) is 5.50. The second-order valence-electron chi connectivity index (χ2n) is 3.79. The van der Waals surface area contributed by atoms with Crippen molar-refractivity contribution in [3.05, 3.63) is 47.2 Å². The maximum absolute atomic E-state index is 12.0. The van der Waals surface area contributed by atoms with Crippen LogP contribution in [0.1, 0.15) is 10.4 Å². The molecule has 0 saturated heterocycles. The highest BCUT2D eigenvalue weighted by Crippen LogP contribution is 2.27. The molecule has 0 unspecified atom stereocenters. The zero-order valence-corrected chi connectivity index (χ0v) is 10.6. The van der Waals surface area contributed by atoms with Crippen LogP contribution in [0.4, 0.5) is 13.2 Å². The Balaban J connectivity index is 2.28. The Morgan fingerprint density at radius 2 is 1.80 bits per heavy atom. The molecule has 0 saturated carbocycles. The van der Waals surface area contributed by atoms with Crippen molar-refractivity contribution in [2.45, 2.75) is 6.36 Å². The third kappa shape index (κ3) is 3.48. The summed E-state index contributed by atoms with van der Waals surface area (Å²) in [5.74, 6) is -0.321. The summed E-state index contributed by atoms with van der Waals surface area (Å²) < 4.78 is 39.8. The number of hydrogen-bond acceptors (Lipinski definition) is 3. The predicted molar refractivity (Wildman–Crippen MR) is 66.8 cm³/mol. The fourth-order valence-electron chi connectivity index (χ4n) is 1.55. The number of aldehydes is 1. The molecule has 7 heteroatoms. The number of pyridine rings is 1. The first-order valence-electron chi connectivity index (χ1n) is 5.36. The number of rotatable bonds is 3. The highest BCUT2D eigenvalue weighted by molar-refractivity contribution is 6.31. The molecule has 0 aliphatic carbocycles. The van der Waals surface area contributed by atoms with Gasteiger partial charge >= 0.3 is 6.36 Å². The van der Waals surface area contributed by atoms with Crippen molar-refractivity contribution in [3.63, 3.8) is 0 Å². The molecule has 1 aromatic carbocycles. The summed E-state index contributed by atoms with van der Waals surface area (Å²) in [6.07, 6.45) is -2.75. The Labute approximate surface area is 117 Å². The van der Waals surface area contributed by atoms with Crippen molar-refractivity contribution in [2.75, 3.05) is 0 Å². The predicted octanol–water partition coefficient (Wildman–Crippen LogP) is 4.11. The van der Waals surface area contributed by atoms with Gasteiger partial charge in [-0.15, -0.1) is 13.2 Å². The van der Waals surface area contributed by atoms with Gasteiger partial charge in [-0.3, -0.25) is 4.79 Å². The van der Waals surface area contributed by atoms with Crippen LogP contribution >= 0.6 is 11.6 Å². The summed E-state index contributed by atoms with van der Waals surface area (Å²) in [5.41, 5.74) is 1.36. The number of carbonyl (C=O) groups is 1. The largest absolute Gasteiger partial charge is 0.573 e. The Bertz CT molecular complexity index is 627. The quantitative estimate of drug-likeness (QED) is 0.632. The molecule has 1 aromatic heterocycles. The van der Waals surface area contributed by atoms with E-state index in [1.165, 1.54) is 36.5 Å². The van der Waals surface area contributed by atoms with E-state index in [1.54, 1.807) is 0 Å². The third-order valence-electron chi connectivity index (χ3n) is 2.41. The molecule has 3 nitrogen and oxygen atoms in total. The van der Waals surface area contributed by atoms with Gasteiger partial charge in [0.05, 0.1) is 5.56 Å². The van der Waals surface area contributed by atoms with Crippen LogP contribution in [-0.2, 0) is 0 Å². The molecule has 0 aliphatic heterocycles. The van der Waals surface area contributed by atoms with Gasteiger partial charge in [-0.2, -0.15) is 0 Å². The van der Waals surface area contributed by atoms with Gasteiger partial charge in [0, 0.05) is 11.8 Å². The van der Waals surface area contributed by atoms with Crippen LogP contribution in [0.15, 0.2) is 36.5 Å². The normalized spacial score (nSPS) is 11.2. The monoisotopic (exact) mass is 301 g/mol. The van der Waals surface area contributed by atoms with Crippen LogP contribution in [0.2, 0.25) is 5.15 Å². The molecule has 20 heavy (non-hydrogen) atoms. The number of nitrogens with zero attached hydrogens (tertiary/aromatic N) is 1. The molecule has 0 N–H and O–H groups in total. The van der Waals surface area contributed by atoms with Crippen LogP contribution in [0.5, 0.6) is 5.75 Å². The van der Waals surface area contributed by atoms with E-state index in [-0.39, 0.29) is 16.5 Å². The molecular weight excluding hydrogens is 295 g/mol. The number of alkyl halides is 3. The lowest BCUT2D eigenvalue weighted by molar-refractivity contribution is -0.274. The van der Waals surface area contributed by atoms with Crippen LogP contribution in [0.25, 0.3) is 11.1 Å². The summed E-state index contributed by atoms with van der Waals surface area (Å²) in [4.78, 5) is 14.6. The zero-order valence-electron chi connectivity index (χ0n) is 9.82. The van der Waals surface area contributed by atoms with E-state index in [1.807, 2.05) is 0 Å². The first-order chi connectivity index (χ1) is 9.39. The van der Waals surface area contributed by atoms with Gasteiger partial charge in [0.15, 0.2) is 6.29 Å². The minimum Gasteiger partial charge on any atom is -0.406 e. The van der Waals surface area contributed by atoms with Crippen molar-refractivity contribution in [2.24, 2.45) is 0 Å². The first-order valence-corrected chi connectivity index (χ1v) is 5.74. The summed E-state index contributed by atoms with van der Waals surface area (Å²) in [6.45, 7) is 0. The van der Waals surface area contributed by atoms with Gasteiger partial charge in [-0.05, 0) is 23.8 Å². The molecule has 0 radical (unpaired) electrons. The average Bonchev–Trinajstić information content (AvgIpc) is 2.38. The maximum atomic E-state index is 12.0. The highest BCUT2D eigenvalue weighted by Gasteiger charge is 2.30. The highest BCUT2D eigenvalue weighted by atomic mass is 35.5. The van der Waals surface area contributed by atoms with E-state index in [4.69, 9.17) is 11.6 Å². The van der Waals surface area contributed by atoms with Crippen molar-refractivity contribution >= 4 is 17.9 Å². The standard InChI is InChI=1S/C13H7ClF3NO2/c14-12-10(7-19)5-9(6-18-12)8-1-3-11(4-2-8)20-13(15,16)17/h1-7H. The number of halogens is 4. The molecule has 0 spiro atoms. The van der Waals surface area contributed by atoms with Gasteiger partial charge in [0.25, 0.3) is 0 Å². The van der Waals surface area contributed by atoms with Gasteiger partial charge in [0.2, 0.25) is 0 Å². The molecule has 0 atom stereocenters. The number of aromatic nitrogens is 1. The van der Waals surface area contributed by atoms with E-state index in [0.717, 1.165) is 0 Å². The molecule has 0 fully saturated rings. The summed E-state index contributed by atoms with van der Waals surface area (Å²) >= 11 is 5.69. The van der Waals surface area contributed by atoms with Crippen molar-refractivity contribution in [1.29, 1.82) is 0 Å². The number of hydrogen-bond donors (Lipinski definition) is 0. The minimum absolute atomic E-state index is 0.0702. The van der Waals surface area contributed by atoms with E-state index >= 15 is 0 Å². The van der Waals surface area contributed by atoms with Gasteiger partial charge < -0.3 is 4.74 Å². The van der Waals surface area contributed by atoms with Gasteiger partial charge in [-0.1, -0.05) is 23.7 Å². The smallest absolute Gasteiger partial charge is 0.406 e. The Hall–Kier alpha value is -2.08. The zero-order chi connectivity index (χ0) is 14.8. The summed E-state index contributed by atoms with van der Waals surface area (Å²) in [7, 11) is 0. The maximum Gasteiger partial charge on any atom is 0.573 e. The Kier molecular flexibility index (Phi) is 3.94. The van der Waals surface area contributed by atoms with E-state index in [0.29, 0.717) is 17.4 Å². The fraction of sp³-hybridized carbons (Fsp3) is 0.0769. The average molecular weight is 302 g/mol. The Morgan fingerprint density at radius 3 is 2.35 bits per heavy atom. The van der Waals surface area contributed by atoms with E-state index < -0.39 is 6.36 Å². The minimum atomic E-state index is -4.73. The molecule has 1 heterocycles. The van der Waals surface area contributed by atoms with E-state index in [9.17, 15) is 18.0 Å². The van der Waals surface area contributed by atoms with Crippen molar-refractivity contribution in [1.82, 2.24) is 4.98 Å². The van der Waals surface area contributed by atoms with Gasteiger partial charge in [-0.25, -0.2) is 4.98 Å². The molecular formula is C13H7ClF3NO2. The topological polar surface area (TPSA) is 39.2 Å². The molecule has 104 valence electrons. The second-order valence-corrected chi connectivity index (χ2v) is 4.15. The third-order valence-corrected chi connectivity index (χ3v) is 2.73. The molecule has 0 bridgehead atoms. The SMILES string of the molecule is O=Cc1cc(-c2ccc(OC(F)(F)F)cc2)cnc1Cl. The van der Waals surface area contributed by atoms with Crippen molar-refractivity contribution in [3.8, 4) is 16.9 Å². The number of ether oxygens (including phenoxy) is 1. The summed E-state index contributed by atoms with van der Waals surface area (Å²) in [5, 5.41) is 0.0702. The lowest BCUT2D eigenvalue weighted by Crippen LogP contribution is -2.16. The Morgan fingerprint density at radius 1 is 1.15 bits per heavy atom. The number of carbonyl (C=O) groups excluding carboxylic acids is 1.